The van der Waals surface area contributed by atoms with Gasteiger partial charge in [0.25, 0.3) is 0 Å². The lowest BCUT2D eigenvalue weighted by atomic mass is 10.2. The second kappa shape index (κ2) is 8.67. The van der Waals surface area contributed by atoms with Gasteiger partial charge in [0.05, 0.1) is 14.2 Å². The van der Waals surface area contributed by atoms with Gasteiger partial charge in [-0.1, -0.05) is 0 Å². The molecule has 0 radical (unpaired) electrons. The minimum absolute atomic E-state index is 0.148. The van der Waals surface area contributed by atoms with Crippen LogP contribution in [0.5, 0.6) is 11.5 Å². The number of hydrogen-bond donors (Lipinski definition) is 2. The van der Waals surface area contributed by atoms with Crippen LogP contribution in [0.1, 0.15) is 12.8 Å². The van der Waals surface area contributed by atoms with E-state index in [1.54, 1.807) is 14.2 Å². The van der Waals surface area contributed by atoms with E-state index in [-0.39, 0.29) is 11.9 Å². The third-order valence-electron chi connectivity index (χ3n) is 4.68. The van der Waals surface area contributed by atoms with E-state index in [1.165, 1.54) is 0 Å². The first-order valence-corrected chi connectivity index (χ1v) is 9.92. The second-order valence-electron chi connectivity index (χ2n) is 6.50. The van der Waals surface area contributed by atoms with Crippen molar-refractivity contribution in [1.82, 2.24) is 10.6 Å². The molecule has 2 saturated heterocycles. The number of rotatable bonds is 6. The molecule has 6 nitrogen and oxygen atoms in total. The van der Waals surface area contributed by atoms with Gasteiger partial charge in [0, 0.05) is 73.5 Å². The van der Waals surface area contributed by atoms with E-state index >= 15 is 0 Å². The smallest absolute Gasteiger partial charge is 0.221 e. The maximum Gasteiger partial charge on any atom is 0.221 e. The minimum Gasteiger partial charge on any atom is -0.497 e. The van der Waals surface area contributed by atoms with Gasteiger partial charge in [-0.05, 0) is 6.42 Å². The van der Waals surface area contributed by atoms with Crippen LogP contribution in [-0.2, 0) is 4.79 Å². The molecule has 138 valence electrons. The predicted octanol–water partition coefficient (Wildman–Crippen LogP) is 1.49. The van der Waals surface area contributed by atoms with Gasteiger partial charge in [0.1, 0.15) is 11.5 Å². The molecular weight excluding hydrogens is 338 g/mol. The van der Waals surface area contributed by atoms with Gasteiger partial charge in [-0.2, -0.15) is 11.8 Å². The molecule has 25 heavy (non-hydrogen) atoms. The Morgan fingerprint density at radius 1 is 1.32 bits per heavy atom. The lowest BCUT2D eigenvalue weighted by Crippen LogP contribution is -2.44. The van der Waals surface area contributed by atoms with Gasteiger partial charge in [0.15, 0.2) is 0 Å². The minimum atomic E-state index is 0.148. The van der Waals surface area contributed by atoms with Crippen LogP contribution in [0.2, 0.25) is 0 Å². The van der Waals surface area contributed by atoms with Gasteiger partial charge in [-0.15, -0.1) is 0 Å². The number of nitrogens with zero attached hydrogens (tertiary/aromatic N) is 1. The van der Waals surface area contributed by atoms with Crippen LogP contribution in [0.15, 0.2) is 18.2 Å². The summed E-state index contributed by atoms with van der Waals surface area (Å²) in [6.45, 7) is 2.73. The van der Waals surface area contributed by atoms with Crippen LogP contribution in [0, 0.1) is 0 Å². The number of carbonyl (C=O) groups excluding carboxylic acids is 1. The Balaban J connectivity index is 1.53. The van der Waals surface area contributed by atoms with E-state index in [4.69, 9.17) is 9.47 Å². The number of anilines is 1. The molecule has 0 aliphatic carbocycles. The number of amides is 1. The summed E-state index contributed by atoms with van der Waals surface area (Å²) < 4.78 is 10.7. The number of hydrogen-bond acceptors (Lipinski definition) is 6. The van der Waals surface area contributed by atoms with Crippen molar-refractivity contribution in [3.8, 4) is 11.5 Å². The van der Waals surface area contributed by atoms with Gasteiger partial charge >= 0.3 is 0 Å². The van der Waals surface area contributed by atoms with Crippen molar-refractivity contribution in [2.75, 3.05) is 50.3 Å². The lowest BCUT2D eigenvalue weighted by Gasteiger charge is -2.24. The molecular formula is C18H27N3O3S. The van der Waals surface area contributed by atoms with Crippen LogP contribution in [0.3, 0.4) is 0 Å². The van der Waals surface area contributed by atoms with Crippen molar-refractivity contribution in [2.24, 2.45) is 0 Å². The third-order valence-corrected chi connectivity index (χ3v) is 5.82. The quantitative estimate of drug-likeness (QED) is 0.797. The molecule has 0 saturated carbocycles. The molecule has 2 aliphatic rings. The first-order chi connectivity index (χ1) is 12.2. The first kappa shape index (κ1) is 18.2. The lowest BCUT2D eigenvalue weighted by molar-refractivity contribution is -0.122. The van der Waals surface area contributed by atoms with Crippen molar-refractivity contribution >= 4 is 23.4 Å². The highest BCUT2D eigenvalue weighted by atomic mass is 32.2. The number of methoxy groups -OCH3 is 2. The summed E-state index contributed by atoms with van der Waals surface area (Å²) in [5.41, 5.74) is 1.07. The number of carbonyl (C=O) groups is 1. The molecule has 1 aromatic rings. The van der Waals surface area contributed by atoms with E-state index in [1.807, 2.05) is 30.0 Å². The van der Waals surface area contributed by atoms with Crippen molar-refractivity contribution in [3.63, 3.8) is 0 Å². The Labute approximate surface area is 153 Å². The molecule has 2 fully saturated rings. The zero-order chi connectivity index (χ0) is 17.6. The number of benzene rings is 1. The van der Waals surface area contributed by atoms with Gasteiger partial charge in [0.2, 0.25) is 5.91 Å². The Bertz CT molecular complexity index is 571. The normalized spacial score (nSPS) is 23.4. The summed E-state index contributed by atoms with van der Waals surface area (Å²) in [4.78, 5) is 14.6. The molecule has 0 aromatic heterocycles. The zero-order valence-electron chi connectivity index (χ0n) is 14.9. The summed E-state index contributed by atoms with van der Waals surface area (Å²) in [6.07, 6.45) is 1.52. The molecule has 0 spiro atoms. The molecule has 7 heteroatoms. The van der Waals surface area contributed by atoms with Crippen LogP contribution >= 0.6 is 11.8 Å². The highest BCUT2D eigenvalue weighted by Gasteiger charge is 2.26. The fourth-order valence-electron chi connectivity index (χ4n) is 3.35. The molecule has 2 heterocycles. The standard InChI is InChI=1S/C18H27N3O3S/c1-23-16-8-15(9-17(10-16)24-2)21-5-3-13(11-21)20-18(22)7-14-12-25-6-4-19-14/h8-10,13-14,19H,3-7,11-12H2,1-2H3,(H,20,22). The fraction of sp³-hybridized carbons (Fsp3) is 0.611. The maximum absolute atomic E-state index is 12.3. The van der Waals surface area contributed by atoms with Crippen molar-refractivity contribution < 1.29 is 14.3 Å². The van der Waals surface area contributed by atoms with E-state index in [2.05, 4.69) is 15.5 Å². The number of nitrogens with one attached hydrogen (secondary N) is 2. The van der Waals surface area contributed by atoms with E-state index < -0.39 is 0 Å². The Kier molecular flexibility index (Phi) is 6.31. The zero-order valence-corrected chi connectivity index (χ0v) is 15.7. The molecule has 2 aliphatic heterocycles. The first-order valence-electron chi connectivity index (χ1n) is 8.76. The molecule has 1 aromatic carbocycles. The van der Waals surface area contributed by atoms with Crippen molar-refractivity contribution in [1.29, 1.82) is 0 Å². The summed E-state index contributed by atoms with van der Waals surface area (Å²) >= 11 is 1.92. The van der Waals surface area contributed by atoms with E-state index in [9.17, 15) is 4.79 Å². The predicted molar refractivity (Wildman–Crippen MR) is 102 cm³/mol. The maximum atomic E-state index is 12.3. The second-order valence-corrected chi connectivity index (χ2v) is 7.65. The topological polar surface area (TPSA) is 62.8 Å². The van der Waals surface area contributed by atoms with Gasteiger partial charge in [-0.3, -0.25) is 4.79 Å². The van der Waals surface area contributed by atoms with Crippen LogP contribution < -0.4 is 25.0 Å². The average Bonchev–Trinajstić information content (AvgIpc) is 3.10. The van der Waals surface area contributed by atoms with Crippen LogP contribution in [0.25, 0.3) is 0 Å². The Morgan fingerprint density at radius 3 is 2.72 bits per heavy atom. The number of thioether (sulfide) groups is 1. The SMILES string of the molecule is COc1cc(OC)cc(N2CCC(NC(=O)CC3CSCCN3)C2)c1. The highest BCUT2D eigenvalue weighted by Crippen LogP contribution is 2.30. The monoisotopic (exact) mass is 365 g/mol. The highest BCUT2D eigenvalue weighted by molar-refractivity contribution is 7.99. The molecule has 2 unspecified atom stereocenters. The number of ether oxygens (including phenoxy) is 2. The van der Waals surface area contributed by atoms with E-state index in [0.717, 1.165) is 54.7 Å². The largest absolute Gasteiger partial charge is 0.497 e. The average molecular weight is 365 g/mol. The molecule has 3 rings (SSSR count). The molecule has 2 N–H and O–H groups in total. The van der Waals surface area contributed by atoms with Crippen LogP contribution in [0.4, 0.5) is 5.69 Å². The van der Waals surface area contributed by atoms with Crippen molar-refractivity contribution in [3.05, 3.63) is 18.2 Å². The Hall–Kier alpha value is -1.60. The summed E-state index contributed by atoms with van der Waals surface area (Å²) in [7, 11) is 3.31. The Morgan fingerprint density at radius 2 is 2.08 bits per heavy atom. The van der Waals surface area contributed by atoms with Crippen LogP contribution in [-0.4, -0.2) is 63.4 Å². The fourth-order valence-corrected chi connectivity index (χ4v) is 4.30. The van der Waals surface area contributed by atoms with Gasteiger partial charge < -0.3 is 25.0 Å². The molecule has 1 amide bonds. The van der Waals surface area contributed by atoms with Gasteiger partial charge in [-0.25, -0.2) is 0 Å². The summed E-state index contributed by atoms with van der Waals surface area (Å²) in [6, 6.07) is 6.39. The summed E-state index contributed by atoms with van der Waals surface area (Å²) in [5, 5.41) is 6.61. The molecule has 2 atom stereocenters. The summed E-state index contributed by atoms with van der Waals surface area (Å²) in [5.74, 6) is 3.87. The molecule has 0 bridgehead atoms. The third kappa shape index (κ3) is 4.95. The van der Waals surface area contributed by atoms with E-state index in [0.29, 0.717) is 12.5 Å². The van der Waals surface area contributed by atoms with Crippen molar-refractivity contribution in [2.45, 2.75) is 24.9 Å².